The quantitative estimate of drug-likeness (QED) is 0.694. The summed E-state index contributed by atoms with van der Waals surface area (Å²) in [5, 5.41) is 12.6. The lowest BCUT2D eigenvalue weighted by Crippen LogP contribution is -2.37. The lowest BCUT2D eigenvalue weighted by Gasteiger charge is -2.26. The van der Waals surface area contributed by atoms with E-state index in [-0.39, 0.29) is 18.7 Å². The van der Waals surface area contributed by atoms with Crippen LogP contribution >= 0.6 is 15.9 Å². The van der Waals surface area contributed by atoms with Gasteiger partial charge in [-0.2, -0.15) is 0 Å². The molecule has 118 valence electrons. The van der Waals surface area contributed by atoms with Gasteiger partial charge in [-0.25, -0.2) is 0 Å². The van der Waals surface area contributed by atoms with Gasteiger partial charge < -0.3 is 25.6 Å². The second kappa shape index (κ2) is 7.98. The first kappa shape index (κ1) is 16.5. The van der Waals surface area contributed by atoms with Gasteiger partial charge in [-0.05, 0) is 46.5 Å². The van der Waals surface area contributed by atoms with Gasteiger partial charge in [0.25, 0.3) is 0 Å². The van der Waals surface area contributed by atoms with E-state index in [0.717, 1.165) is 34.4 Å². The van der Waals surface area contributed by atoms with Crippen molar-refractivity contribution >= 4 is 15.9 Å². The van der Waals surface area contributed by atoms with Crippen molar-refractivity contribution in [3.05, 3.63) is 22.2 Å². The van der Waals surface area contributed by atoms with Crippen LogP contribution in [0.4, 0.5) is 0 Å². The van der Waals surface area contributed by atoms with Gasteiger partial charge >= 0.3 is 0 Å². The molecule has 2 atom stereocenters. The summed E-state index contributed by atoms with van der Waals surface area (Å²) in [5.74, 6) is 1.50. The average molecular weight is 359 g/mol. The molecule has 0 saturated heterocycles. The summed E-state index contributed by atoms with van der Waals surface area (Å²) >= 11 is 3.53. The van der Waals surface area contributed by atoms with Crippen LogP contribution in [0.1, 0.15) is 31.4 Å². The first-order valence-electron chi connectivity index (χ1n) is 7.35. The van der Waals surface area contributed by atoms with E-state index in [1.165, 1.54) is 0 Å². The highest BCUT2D eigenvalue weighted by atomic mass is 79.9. The van der Waals surface area contributed by atoms with E-state index in [0.29, 0.717) is 19.8 Å². The first-order chi connectivity index (χ1) is 10.2. The fourth-order valence-corrected chi connectivity index (χ4v) is 3.05. The van der Waals surface area contributed by atoms with Crippen LogP contribution in [0.25, 0.3) is 0 Å². The van der Waals surface area contributed by atoms with Crippen molar-refractivity contribution < 1.29 is 14.6 Å². The third-order valence-electron chi connectivity index (χ3n) is 3.66. The molecule has 5 nitrogen and oxygen atoms in total. The molecular weight excluding hydrogens is 336 g/mol. The SMILES string of the molecule is CCC(CCO)NC(CN)c1cc(Br)c2c(c1)OCCO2. The molecule has 21 heavy (non-hydrogen) atoms. The van der Waals surface area contributed by atoms with Crippen molar-refractivity contribution in [3.8, 4) is 11.5 Å². The van der Waals surface area contributed by atoms with Crippen LogP contribution in [0, 0.1) is 0 Å². The number of ether oxygens (including phenoxy) is 2. The van der Waals surface area contributed by atoms with Gasteiger partial charge in [-0.15, -0.1) is 0 Å². The minimum atomic E-state index is 0.0219. The van der Waals surface area contributed by atoms with Crippen molar-refractivity contribution in [3.63, 3.8) is 0 Å². The minimum Gasteiger partial charge on any atom is -0.486 e. The smallest absolute Gasteiger partial charge is 0.175 e. The molecule has 6 heteroatoms. The molecule has 1 aliphatic heterocycles. The Morgan fingerprint density at radius 3 is 2.81 bits per heavy atom. The Bertz CT molecular complexity index is 470. The van der Waals surface area contributed by atoms with Crippen molar-refractivity contribution in [2.75, 3.05) is 26.4 Å². The van der Waals surface area contributed by atoms with Gasteiger partial charge in [-0.1, -0.05) is 6.92 Å². The number of nitrogens with one attached hydrogen (secondary N) is 1. The van der Waals surface area contributed by atoms with Crippen molar-refractivity contribution in [1.29, 1.82) is 0 Å². The summed E-state index contributed by atoms with van der Waals surface area (Å²) in [6.07, 6.45) is 1.67. The molecule has 0 saturated carbocycles. The van der Waals surface area contributed by atoms with E-state index in [4.69, 9.17) is 20.3 Å². The lowest BCUT2D eigenvalue weighted by molar-refractivity contribution is 0.170. The van der Waals surface area contributed by atoms with Crippen LogP contribution in [0.3, 0.4) is 0 Å². The molecule has 4 N–H and O–H groups in total. The number of hydrogen-bond acceptors (Lipinski definition) is 5. The van der Waals surface area contributed by atoms with Crippen molar-refractivity contribution in [1.82, 2.24) is 5.32 Å². The Balaban J connectivity index is 2.19. The number of aliphatic hydroxyl groups excluding tert-OH is 1. The third kappa shape index (κ3) is 4.10. The van der Waals surface area contributed by atoms with E-state index >= 15 is 0 Å². The maximum absolute atomic E-state index is 9.11. The number of fused-ring (bicyclic) bond motifs is 1. The van der Waals surface area contributed by atoms with Crippen LogP contribution in [0.15, 0.2) is 16.6 Å². The fraction of sp³-hybridized carbons (Fsp3) is 0.600. The normalized spacial score (nSPS) is 16.6. The molecule has 1 aromatic carbocycles. The fourth-order valence-electron chi connectivity index (χ4n) is 2.48. The first-order valence-corrected chi connectivity index (χ1v) is 8.14. The molecule has 0 spiro atoms. The molecule has 0 fully saturated rings. The lowest BCUT2D eigenvalue weighted by atomic mass is 10.0. The van der Waals surface area contributed by atoms with E-state index in [1.807, 2.05) is 12.1 Å². The number of rotatable bonds is 7. The van der Waals surface area contributed by atoms with Gasteiger partial charge in [-0.3, -0.25) is 0 Å². The van der Waals surface area contributed by atoms with Crippen molar-refractivity contribution in [2.45, 2.75) is 31.8 Å². The van der Waals surface area contributed by atoms with Crippen LogP contribution in [-0.4, -0.2) is 37.5 Å². The summed E-state index contributed by atoms with van der Waals surface area (Å²) in [6.45, 7) is 3.88. The van der Waals surface area contributed by atoms with E-state index in [1.54, 1.807) is 0 Å². The zero-order valence-electron chi connectivity index (χ0n) is 12.3. The summed E-state index contributed by atoms with van der Waals surface area (Å²) in [4.78, 5) is 0. The highest BCUT2D eigenvalue weighted by Gasteiger charge is 2.21. The molecule has 2 unspecified atom stereocenters. The zero-order valence-corrected chi connectivity index (χ0v) is 13.9. The predicted octanol–water partition coefficient (Wildman–Crippen LogP) is 1.97. The van der Waals surface area contributed by atoms with Crippen molar-refractivity contribution in [2.24, 2.45) is 5.73 Å². The average Bonchev–Trinajstić information content (AvgIpc) is 2.51. The Morgan fingerprint density at radius 2 is 2.14 bits per heavy atom. The molecule has 2 rings (SSSR count). The van der Waals surface area contributed by atoms with Gasteiger partial charge in [0.2, 0.25) is 0 Å². The van der Waals surface area contributed by atoms with Crippen LogP contribution in [0.5, 0.6) is 11.5 Å². The highest BCUT2D eigenvalue weighted by molar-refractivity contribution is 9.10. The van der Waals surface area contributed by atoms with E-state index in [9.17, 15) is 0 Å². The summed E-state index contributed by atoms with van der Waals surface area (Å²) in [5.41, 5.74) is 6.98. The standard InChI is InChI=1S/C15H23BrN2O3/c1-2-11(3-4-19)18-13(9-17)10-7-12(16)15-14(8-10)20-5-6-21-15/h7-8,11,13,18-19H,2-6,9,17H2,1H3. The third-order valence-corrected chi connectivity index (χ3v) is 4.25. The van der Waals surface area contributed by atoms with Crippen LogP contribution in [-0.2, 0) is 0 Å². The Hall–Kier alpha value is -0.820. The van der Waals surface area contributed by atoms with Gasteiger partial charge in [0.1, 0.15) is 13.2 Å². The molecule has 0 bridgehead atoms. The topological polar surface area (TPSA) is 76.7 Å². The molecule has 0 radical (unpaired) electrons. The monoisotopic (exact) mass is 358 g/mol. The Kier molecular flexibility index (Phi) is 6.29. The number of benzene rings is 1. The molecule has 1 heterocycles. The number of aliphatic hydroxyl groups is 1. The second-order valence-corrected chi connectivity index (χ2v) is 5.95. The number of nitrogens with two attached hydrogens (primary N) is 1. The summed E-state index contributed by atoms with van der Waals surface area (Å²) < 4.78 is 12.1. The van der Waals surface area contributed by atoms with Gasteiger partial charge in [0.15, 0.2) is 11.5 Å². The maximum atomic E-state index is 9.11. The van der Waals surface area contributed by atoms with E-state index < -0.39 is 0 Å². The number of hydrogen-bond donors (Lipinski definition) is 3. The summed E-state index contributed by atoms with van der Waals surface area (Å²) in [6, 6.07) is 4.27. The maximum Gasteiger partial charge on any atom is 0.175 e. The molecule has 0 aromatic heterocycles. The molecule has 1 aliphatic rings. The molecular formula is C15H23BrN2O3. The Morgan fingerprint density at radius 1 is 1.38 bits per heavy atom. The predicted molar refractivity (Wildman–Crippen MR) is 85.8 cm³/mol. The zero-order chi connectivity index (χ0) is 15.2. The Labute approximate surface area is 133 Å². The van der Waals surface area contributed by atoms with Crippen LogP contribution in [0.2, 0.25) is 0 Å². The minimum absolute atomic E-state index is 0.0219. The van der Waals surface area contributed by atoms with Gasteiger partial charge in [0, 0.05) is 25.2 Å². The largest absolute Gasteiger partial charge is 0.486 e. The second-order valence-electron chi connectivity index (χ2n) is 5.10. The summed E-state index contributed by atoms with van der Waals surface area (Å²) in [7, 11) is 0. The van der Waals surface area contributed by atoms with Crippen LogP contribution < -0.4 is 20.5 Å². The highest BCUT2D eigenvalue weighted by Crippen LogP contribution is 2.39. The molecule has 1 aromatic rings. The number of halogens is 1. The van der Waals surface area contributed by atoms with E-state index in [2.05, 4.69) is 28.2 Å². The van der Waals surface area contributed by atoms with Gasteiger partial charge in [0.05, 0.1) is 4.47 Å². The molecule has 0 amide bonds. The molecule has 0 aliphatic carbocycles.